The van der Waals surface area contributed by atoms with Crippen molar-refractivity contribution in [2.75, 3.05) is 12.4 Å². The summed E-state index contributed by atoms with van der Waals surface area (Å²) in [6, 6.07) is 9.57. The predicted molar refractivity (Wildman–Crippen MR) is 69.0 cm³/mol. The molecule has 0 spiro atoms. The number of hydrogen-bond acceptors (Lipinski definition) is 3. The van der Waals surface area contributed by atoms with Crippen LogP contribution in [0, 0.1) is 11.8 Å². The Morgan fingerprint density at radius 3 is 2.53 bits per heavy atom. The minimum Gasteiger partial charge on any atom is -0.376 e. The minimum absolute atomic E-state index is 0.268. The number of benzene rings is 1. The molecule has 1 N–H and O–H groups in total. The largest absolute Gasteiger partial charge is 0.376 e. The van der Waals surface area contributed by atoms with Gasteiger partial charge in [0.15, 0.2) is 0 Å². The number of alkyl halides is 1. The molecular weight excluding hydrogens is 271 g/mol. The van der Waals surface area contributed by atoms with Crippen molar-refractivity contribution < 1.29 is 22.1 Å². The lowest BCUT2D eigenvalue weighted by molar-refractivity contribution is -0.0285. The number of rotatable bonds is 6. The molecule has 0 unspecified atom stereocenters. The van der Waals surface area contributed by atoms with Gasteiger partial charge in [-0.05, 0) is 12.0 Å². The van der Waals surface area contributed by atoms with Gasteiger partial charge in [0.2, 0.25) is 0 Å². The Hall–Kier alpha value is -0.980. The number of ether oxygens (including phenoxy) is 1. The maximum atomic E-state index is 13.6. The van der Waals surface area contributed by atoms with Crippen molar-refractivity contribution in [3.8, 4) is 0 Å². The Labute approximate surface area is 112 Å². The van der Waals surface area contributed by atoms with E-state index >= 15 is 0 Å². The number of hydrogen-bond donors (Lipinski definition) is 1. The first-order valence-electron chi connectivity index (χ1n) is 6.16. The third-order valence-electron chi connectivity index (χ3n) is 3.37. The molecule has 1 fully saturated rings. The molecule has 2 rings (SSSR count). The van der Waals surface area contributed by atoms with Crippen molar-refractivity contribution in [1.29, 1.82) is 0 Å². The van der Waals surface area contributed by atoms with Crippen LogP contribution in [0.5, 0.6) is 0 Å². The molecular formula is C13H17FO4S. The standard InChI is InChI=1S/C13H17FO4S/c14-13-11(6-12(13)9-19(15,16)17)8-18-7-10-4-2-1-3-5-10/h1-5,11-13H,6-9H2,(H,15,16,17)/t11-,12-,13-/m0/s1. The summed E-state index contributed by atoms with van der Waals surface area (Å²) < 4.78 is 49.0. The second-order valence-electron chi connectivity index (χ2n) is 4.95. The molecule has 106 valence electrons. The lowest BCUT2D eigenvalue weighted by Gasteiger charge is -2.38. The fourth-order valence-electron chi connectivity index (χ4n) is 2.33. The summed E-state index contributed by atoms with van der Waals surface area (Å²) in [7, 11) is -4.08. The molecule has 0 aliphatic heterocycles. The summed E-state index contributed by atoms with van der Waals surface area (Å²) in [6.07, 6.45) is -0.770. The van der Waals surface area contributed by atoms with E-state index in [-0.39, 0.29) is 12.5 Å². The highest BCUT2D eigenvalue weighted by atomic mass is 32.2. The minimum atomic E-state index is -4.08. The van der Waals surface area contributed by atoms with Gasteiger partial charge in [-0.2, -0.15) is 8.42 Å². The van der Waals surface area contributed by atoms with Crippen molar-refractivity contribution in [3.63, 3.8) is 0 Å². The molecule has 0 amide bonds. The Morgan fingerprint density at radius 1 is 1.26 bits per heavy atom. The molecule has 1 aliphatic carbocycles. The SMILES string of the molecule is O=S(=O)(O)C[C@@H]1C[C@@H](COCc2ccccc2)[C@@H]1F. The summed E-state index contributed by atoms with van der Waals surface area (Å²) in [4.78, 5) is 0. The van der Waals surface area contributed by atoms with E-state index in [1.165, 1.54) is 0 Å². The molecule has 1 aromatic rings. The van der Waals surface area contributed by atoms with Gasteiger partial charge in [0.05, 0.1) is 19.0 Å². The van der Waals surface area contributed by atoms with Gasteiger partial charge in [0.25, 0.3) is 10.1 Å². The first-order chi connectivity index (χ1) is 8.96. The molecule has 1 saturated carbocycles. The quantitative estimate of drug-likeness (QED) is 0.814. The maximum Gasteiger partial charge on any atom is 0.265 e. The molecule has 4 nitrogen and oxygen atoms in total. The number of halogens is 1. The molecule has 0 radical (unpaired) electrons. The van der Waals surface area contributed by atoms with Crippen LogP contribution in [0.4, 0.5) is 4.39 Å². The van der Waals surface area contributed by atoms with E-state index in [2.05, 4.69) is 0 Å². The monoisotopic (exact) mass is 288 g/mol. The van der Waals surface area contributed by atoms with Crippen LogP contribution in [0.2, 0.25) is 0 Å². The maximum absolute atomic E-state index is 13.6. The normalized spacial score (nSPS) is 26.9. The fourth-order valence-corrected chi connectivity index (χ4v) is 3.19. The first kappa shape index (κ1) is 14.4. The molecule has 0 aromatic heterocycles. The molecule has 0 bridgehead atoms. The van der Waals surface area contributed by atoms with Gasteiger partial charge >= 0.3 is 0 Å². The summed E-state index contributed by atoms with van der Waals surface area (Å²) >= 11 is 0. The lowest BCUT2D eigenvalue weighted by atomic mass is 9.74. The molecule has 19 heavy (non-hydrogen) atoms. The van der Waals surface area contributed by atoms with E-state index in [9.17, 15) is 12.8 Å². The Morgan fingerprint density at radius 2 is 1.95 bits per heavy atom. The van der Waals surface area contributed by atoms with Crippen molar-refractivity contribution in [3.05, 3.63) is 35.9 Å². The van der Waals surface area contributed by atoms with E-state index in [0.29, 0.717) is 13.0 Å². The molecule has 0 heterocycles. The summed E-state index contributed by atoms with van der Waals surface area (Å²) in [6.45, 7) is 0.699. The summed E-state index contributed by atoms with van der Waals surface area (Å²) in [5.41, 5.74) is 1.02. The summed E-state index contributed by atoms with van der Waals surface area (Å²) in [5.74, 6) is -1.36. The van der Waals surface area contributed by atoms with Crippen LogP contribution in [-0.2, 0) is 21.5 Å². The molecule has 3 atom stereocenters. The highest BCUT2D eigenvalue weighted by Crippen LogP contribution is 2.38. The van der Waals surface area contributed by atoms with Gasteiger partial charge in [-0.25, -0.2) is 4.39 Å². The van der Waals surface area contributed by atoms with Crippen LogP contribution in [0.15, 0.2) is 30.3 Å². The Balaban J connectivity index is 1.69. The van der Waals surface area contributed by atoms with Crippen LogP contribution >= 0.6 is 0 Å². The van der Waals surface area contributed by atoms with E-state index in [1.807, 2.05) is 30.3 Å². The Bertz CT molecular complexity index is 503. The molecule has 0 saturated heterocycles. The Kier molecular flexibility index (Phi) is 4.54. The molecule has 1 aliphatic rings. The highest BCUT2D eigenvalue weighted by molar-refractivity contribution is 7.85. The van der Waals surface area contributed by atoms with Crippen molar-refractivity contribution >= 4 is 10.1 Å². The van der Waals surface area contributed by atoms with Gasteiger partial charge in [0.1, 0.15) is 6.17 Å². The van der Waals surface area contributed by atoms with Crippen LogP contribution in [0.1, 0.15) is 12.0 Å². The second kappa shape index (κ2) is 5.98. The smallest absolute Gasteiger partial charge is 0.265 e. The average Bonchev–Trinajstić information content (AvgIpc) is 2.36. The lowest BCUT2D eigenvalue weighted by Crippen LogP contribution is -2.44. The van der Waals surface area contributed by atoms with Gasteiger partial charge in [-0.15, -0.1) is 0 Å². The van der Waals surface area contributed by atoms with Crippen LogP contribution in [-0.4, -0.2) is 31.5 Å². The van der Waals surface area contributed by atoms with Crippen LogP contribution in [0.3, 0.4) is 0 Å². The van der Waals surface area contributed by atoms with Crippen molar-refractivity contribution in [2.24, 2.45) is 11.8 Å². The first-order valence-corrected chi connectivity index (χ1v) is 7.77. The van der Waals surface area contributed by atoms with E-state index < -0.39 is 28.0 Å². The topological polar surface area (TPSA) is 63.6 Å². The van der Waals surface area contributed by atoms with E-state index in [0.717, 1.165) is 5.56 Å². The zero-order valence-corrected chi connectivity index (χ0v) is 11.2. The van der Waals surface area contributed by atoms with Crippen molar-refractivity contribution in [2.45, 2.75) is 19.2 Å². The van der Waals surface area contributed by atoms with Gasteiger partial charge in [-0.1, -0.05) is 30.3 Å². The van der Waals surface area contributed by atoms with Crippen LogP contribution < -0.4 is 0 Å². The zero-order chi connectivity index (χ0) is 13.9. The van der Waals surface area contributed by atoms with Gasteiger partial charge < -0.3 is 4.74 Å². The van der Waals surface area contributed by atoms with E-state index in [4.69, 9.17) is 9.29 Å². The van der Waals surface area contributed by atoms with Gasteiger partial charge in [0, 0.05) is 11.8 Å². The molecule has 6 heteroatoms. The van der Waals surface area contributed by atoms with Crippen LogP contribution in [0.25, 0.3) is 0 Å². The predicted octanol–water partition coefficient (Wildman–Crippen LogP) is 2.07. The average molecular weight is 288 g/mol. The third-order valence-corrected chi connectivity index (χ3v) is 4.22. The third kappa shape index (κ3) is 4.26. The molecule has 1 aromatic carbocycles. The van der Waals surface area contributed by atoms with E-state index in [1.54, 1.807) is 0 Å². The summed E-state index contributed by atoms with van der Waals surface area (Å²) in [5, 5.41) is 0. The zero-order valence-electron chi connectivity index (χ0n) is 10.4. The second-order valence-corrected chi connectivity index (χ2v) is 6.45. The highest BCUT2D eigenvalue weighted by Gasteiger charge is 2.43. The fraction of sp³-hybridized carbons (Fsp3) is 0.538. The van der Waals surface area contributed by atoms with Gasteiger partial charge in [-0.3, -0.25) is 4.55 Å². The van der Waals surface area contributed by atoms with Crippen molar-refractivity contribution in [1.82, 2.24) is 0 Å².